The molecule has 166 valence electrons. The highest BCUT2D eigenvalue weighted by Crippen LogP contribution is 2.60. The van der Waals surface area contributed by atoms with Crippen molar-refractivity contribution in [1.29, 1.82) is 5.26 Å². The molecule has 0 unspecified atom stereocenters. The lowest BCUT2D eigenvalue weighted by atomic mass is 9.49. The fourth-order valence-electron chi connectivity index (χ4n) is 6.66. The van der Waals surface area contributed by atoms with E-state index in [-0.39, 0.29) is 28.3 Å². The smallest absolute Gasteiger partial charge is 0.357 e. The summed E-state index contributed by atoms with van der Waals surface area (Å²) in [5.74, 6) is 1.57. The summed E-state index contributed by atoms with van der Waals surface area (Å²) in [6.07, 6.45) is 8.37. The van der Waals surface area contributed by atoms with E-state index in [4.69, 9.17) is 10.5 Å². The van der Waals surface area contributed by atoms with E-state index in [1.54, 1.807) is 4.57 Å². The average molecular weight is 433 g/mol. The van der Waals surface area contributed by atoms with Gasteiger partial charge in [0.1, 0.15) is 6.07 Å². The Kier molecular flexibility index (Phi) is 4.77. The monoisotopic (exact) mass is 432 g/mol. The highest BCUT2D eigenvalue weighted by Gasteiger charge is 2.54. The Balaban J connectivity index is 1.48. The zero-order valence-corrected chi connectivity index (χ0v) is 18.5. The molecule has 1 amide bonds. The van der Waals surface area contributed by atoms with Crippen LogP contribution in [0.1, 0.15) is 60.1 Å². The van der Waals surface area contributed by atoms with Gasteiger partial charge in [-0.05, 0) is 80.9 Å². The molecule has 4 fully saturated rings. The molecule has 1 aromatic heterocycles. The summed E-state index contributed by atoms with van der Waals surface area (Å²) in [6.45, 7) is 1.95. The number of anilines is 2. The van der Waals surface area contributed by atoms with Gasteiger partial charge in [-0.3, -0.25) is 4.79 Å². The van der Waals surface area contributed by atoms with Crippen molar-refractivity contribution in [2.75, 3.05) is 18.2 Å². The number of amides is 1. The third kappa shape index (κ3) is 3.17. The number of carbonyl (C=O) groups excluding carboxylic acids is 2. The number of aromatic nitrogens is 1. The van der Waals surface area contributed by atoms with Gasteiger partial charge in [0.05, 0.1) is 23.8 Å². The van der Waals surface area contributed by atoms with E-state index >= 15 is 0 Å². The number of nitrogens with zero attached hydrogens (tertiary/aromatic N) is 2. The summed E-state index contributed by atoms with van der Waals surface area (Å²) in [7, 11) is 1.28. The maximum atomic E-state index is 13.5. The van der Waals surface area contributed by atoms with Crippen LogP contribution in [-0.4, -0.2) is 23.6 Å². The van der Waals surface area contributed by atoms with Gasteiger partial charge in [-0.1, -0.05) is 6.07 Å². The summed E-state index contributed by atoms with van der Waals surface area (Å²) < 4.78 is 6.43. The van der Waals surface area contributed by atoms with Crippen LogP contribution in [0.15, 0.2) is 24.4 Å². The molecule has 6 rings (SSSR count). The van der Waals surface area contributed by atoms with E-state index in [1.807, 2.05) is 31.2 Å². The largest absolute Gasteiger partial charge is 0.464 e. The van der Waals surface area contributed by atoms with Gasteiger partial charge < -0.3 is 20.4 Å². The molecule has 1 aromatic carbocycles. The normalized spacial score (nSPS) is 27.7. The Morgan fingerprint density at radius 1 is 1.19 bits per heavy atom. The number of esters is 1. The van der Waals surface area contributed by atoms with Crippen LogP contribution >= 0.6 is 0 Å². The fourth-order valence-corrected chi connectivity index (χ4v) is 6.66. The maximum Gasteiger partial charge on any atom is 0.357 e. The zero-order chi connectivity index (χ0) is 22.6. The molecule has 2 aromatic rings. The van der Waals surface area contributed by atoms with Crippen LogP contribution in [-0.2, 0) is 9.53 Å². The Morgan fingerprint density at radius 3 is 2.38 bits per heavy atom. The highest BCUT2D eigenvalue weighted by atomic mass is 16.5. The van der Waals surface area contributed by atoms with Crippen LogP contribution in [0.2, 0.25) is 0 Å². The van der Waals surface area contributed by atoms with Crippen LogP contribution in [0.25, 0.3) is 5.69 Å². The second-order valence-electron chi connectivity index (χ2n) is 9.93. The topological polar surface area (TPSA) is 110 Å². The number of nitriles is 1. The lowest BCUT2D eigenvalue weighted by Gasteiger charge is -2.55. The number of methoxy groups -OCH3 is 1. The number of nitrogen functional groups attached to an aromatic ring is 1. The number of nitrogens with two attached hydrogens (primary N) is 1. The van der Waals surface area contributed by atoms with Gasteiger partial charge in [-0.25, -0.2) is 4.79 Å². The van der Waals surface area contributed by atoms with Gasteiger partial charge in [0, 0.05) is 17.6 Å². The van der Waals surface area contributed by atoms with Crippen molar-refractivity contribution < 1.29 is 14.3 Å². The molecule has 0 saturated heterocycles. The molecule has 7 heteroatoms. The lowest BCUT2D eigenvalue weighted by molar-refractivity contribution is -0.140. The molecule has 4 saturated carbocycles. The molecule has 4 aliphatic carbocycles. The predicted molar refractivity (Wildman–Crippen MR) is 120 cm³/mol. The molecule has 4 aliphatic rings. The summed E-state index contributed by atoms with van der Waals surface area (Å²) in [5, 5.41) is 12.6. The fraction of sp³-hybridized carbons (Fsp3) is 0.480. The quantitative estimate of drug-likeness (QED) is 0.704. The second kappa shape index (κ2) is 7.40. The van der Waals surface area contributed by atoms with Crippen molar-refractivity contribution in [3.8, 4) is 11.8 Å². The van der Waals surface area contributed by atoms with Crippen molar-refractivity contribution >= 4 is 23.3 Å². The van der Waals surface area contributed by atoms with Crippen LogP contribution in [0.3, 0.4) is 0 Å². The standard InChI is InChI=1S/C25H28N4O3/c1-14-3-4-19(29-13-18(12-26)21(27)22(29)23(30)32-2)8-20(14)28-24(31)25-9-15-5-16(10-25)7-17(6-15)11-25/h3-4,8,13,15-17H,5-7,9-11,27H2,1-2H3,(H,28,31). The molecule has 1 heterocycles. The molecule has 32 heavy (non-hydrogen) atoms. The van der Waals surface area contributed by atoms with Gasteiger partial charge in [0.2, 0.25) is 5.91 Å². The first-order valence-corrected chi connectivity index (χ1v) is 11.2. The predicted octanol–water partition coefficient (Wildman–Crippen LogP) is 4.18. The summed E-state index contributed by atoms with van der Waals surface area (Å²) in [4.78, 5) is 25.9. The van der Waals surface area contributed by atoms with Gasteiger partial charge in [-0.2, -0.15) is 5.26 Å². The molecule has 4 bridgehead atoms. The molecular weight excluding hydrogens is 404 g/mol. The Labute approximate surface area is 187 Å². The summed E-state index contributed by atoms with van der Waals surface area (Å²) >= 11 is 0. The minimum Gasteiger partial charge on any atom is -0.464 e. The van der Waals surface area contributed by atoms with Crippen molar-refractivity contribution in [2.24, 2.45) is 23.2 Å². The maximum absolute atomic E-state index is 13.5. The van der Waals surface area contributed by atoms with Crippen molar-refractivity contribution in [3.63, 3.8) is 0 Å². The van der Waals surface area contributed by atoms with E-state index in [2.05, 4.69) is 5.32 Å². The Hall–Kier alpha value is -3.27. The van der Waals surface area contributed by atoms with E-state index in [9.17, 15) is 14.9 Å². The lowest BCUT2D eigenvalue weighted by Crippen LogP contribution is -2.51. The first-order chi connectivity index (χ1) is 15.3. The molecule has 0 atom stereocenters. The summed E-state index contributed by atoms with van der Waals surface area (Å²) in [6, 6.07) is 7.58. The van der Waals surface area contributed by atoms with Gasteiger partial charge in [-0.15, -0.1) is 0 Å². The van der Waals surface area contributed by atoms with E-state index in [1.165, 1.54) is 32.6 Å². The zero-order valence-electron chi connectivity index (χ0n) is 18.5. The average Bonchev–Trinajstić information content (AvgIpc) is 3.10. The first-order valence-electron chi connectivity index (χ1n) is 11.2. The van der Waals surface area contributed by atoms with E-state index < -0.39 is 5.97 Å². The van der Waals surface area contributed by atoms with Crippen molar-refractivity contribution in [1.82, 2.24) is 4.57 Å². The van der Waals surface area contributed by atoms with Crippen LogP contribution in [0, 0.1) is 41.4 Å². The number of benzene rings is 1. The molecule has 7 nitrogen and oxygen atoms in total. The van der Waals surface area contributed by atoms with Gasteiger partial charge in [0.15, 0.2) is 5.69 Å². The van der Waals surface area contributed by atoms with E-state index in [0.717, 1.165) is 24.8 Å². The first kappa shape index (κ1) is 20.6. The number of aryl methyl sites for hydroxylation is 1. The molecule has 0 spiro atoms. The molecule has 3 N–H and O–H groups in total. The number of ether oxygens (including phenoxy) is 1. The Bertz CT molecular complexity index is 1120. The second-order valence-corrected chi connectivity index (χ2v) is 9.93. The molecule has 0 aliphatic heterocycles. The minimum atomic E-state index is -0.622. The van der Waals surface area contributed by atoms with Crippen LogP contribution < -0.4 is 11.1 Å². The molecule has 0 radical (unpaired) electrons. The summed E-state index contributed by atoms with van der Waals surface area (Å²) in [5.41, 5.74) is 8.45. The Morgan fingerprint density at radius 2 is 1.81 bits per heavy atom. The number of hydrogen-bond donors (Lipinski definition) is 2. The third-order valence-corrected chi connectivity index (χ3v) is 7.81. The number of nitrogens with one attached hydrogen (secondary N) is 1. The highest BCUT2D eigenvalue weighted by molar-refractivity contribution is 5.97. The van der Waals surface area contributed by atoms with Gasteiger partial charge >= 0.3 is 5.97 Å². The van der Waals surface area contributed by atoms with Crippen molar-refractivity contribution in [2.45, 2.75) is 45.4 Å². The van der Waals surface area contributed by atoms with E-state index in [0.29, 0.717) is 29.1 Å². The van der Waals surface area contributed by atoms with Crippen LogP contribution in [0.5, 0.6) is 0 Å². The molecular formula is C25H28N4O3. The number of rotatable bonds is 4. The number of carbonyl (C=O) groups is 2. The van der Waals surface area contributed by atoms with Crippen molar-refractivity contribution in [3.05, 3.63) is 41.2 Å². The minimum absolute atomic E-state index is 0.0825. The SMILES string of the molecule is COC(=O)c1c(N)c(C#N)cn1-c1ccc(C)c(NC(=O)C23CC4CC(CC(C4)C2)C3)c1. The van der Waals surface area contributed by atoms with Crippen LogP contribution in [0.4, 0.5) is 11.4 Å². The third-order valence-electron chi connectivity index (χ3n) is 7.81. The van der Waals surface area contributed by atoms with Gasteiger partial charge in [0.25, 0.3) is 0 Å². The number of hydrogen-bond acceptors (Lipinski definition) is 5.